The van der Waals surface area contributed by atoms with Crippen LogP contribution in [0.3, 0.4) is 0 Å². The first-order valence-corrected chi connectivity index (χ1v) is 14.7. The van der Waals surface area contributed by atoms with Crippen molar-refractivity contribution in [2.75, 3.05) is 36.8 Å². The average molecular weight is 597 g/mol. The van der Waals surface area contributed by atoms with E-state index in [4.69, 9.17) is 17.3 Å². The van der Waals surface area contributed by atoms with Crippen LogP contribution in [0, 0.1) is 11.6 Å². The summed E-state index contributed by atoms with van der Waals surface area (Å²) in [7, 11) is -4.65. The summed E-state index contributed by atoms with van der Waals surface area (Å²) >= 11 is 6.06. The van der Waals surface area contributed by atoms with E-state index < -0.39 is 38.1 Å². The van der Waals surface area contributed by atoms with E-state index in [-0.39, 0.29) is 5.56 Å². The van der Waals surface area contributed by atoms with E-state index in [1.54, 1.807) is 16.9 Å². The van der Waals surface area contributed by atoms with Gasteiger partial charge in [0.2, 0.25) is 0 Å². The van der Waals surface area contributed by atoms with E-state index in [1.165, 1.54) is 23.3 Å². The molecule has 7 nitrogen and oxygen atoms in total. The fraction of sp³-hybridized carbons (Fsp3) is 0.167. The molecule has 0 saturated carbocycles. The molecule has 212 valence electrons. The number of hydrogen-bond acceptors (Lipinski definition) is 6. The summed E-state index contributed by atoms with van der Waals surface area (Å²) in [5.41, 5.74) is 9.20. The topological polar surface area (TPSA) is 95.7 Å². The van der Waals surface area contributed by atoms with E-state index in [2.05, 4.69) is 21.9 Å². The van der Waals surface area contributed by atoms with Crippen molar-refractivity contribution in [3.63, 3.8) is 0 Å². The molecule has 11 heteroatoms. The lowest BCUT2D eigenvalue weighted by molar-refractivity contribution is 0.0981. The van der Waals surface area contributed by atoms with Gasteiger partial charge < -0.3 is 10.6 Å². The number of rotatable bonds is 7. The number of benzene rings is 4. The number of hydrogen-bond donors (Lipinski definition) is 2. The lowest BCUT2D eigenvalue weighted by Crippen LogP contribution is -2.46. The maximum absolute atomic E-state index is 14.1. The molecule has 5 rings (SSSR count). The second-order valence-corrected chi connectivity index (χ2v) is 11.8. The molecule has 0 atom stereocenters. The molecule has 1 aliphatic heterocycles. The molecule has 0 bridgehead atoms. The Balaban J connectivity index is 1.20. The molecule has 0 spiro atoms. The lowest BCUT2D eigenvalue weighted by atomic mass is 9.99. The van der Waals surface area contributed by atoms with Crippen LogP contribution in [0.4, 0.5) is 20.2 Å². The van der Waals surface area contributed by atoms with E-state index in [0.29, 0.717) is 17.2 Å². The maximum Gasteiger partial charge on any atom is 0.267 e. The molecule has 0 unspecified atom stereocenters. The Morgan fingerprint density at radius 1 is 0.878 bits per heavy atom. The smallest absolute Gasteiger partial charge is 0.267 e. The summed E-state index contributed by atoms with van der Waals surface area (Å²) in [5.74, 6) is -3.32. The number of halogens is 3. The molecule has 1 aliphatic rings. The van der Waals surface area contributed by atoms with Gasteiger partial charge in [0.1, 0.15) is 16.5 Å². The highest BCUT2D eigenvalue weighted by Crippen LogP contribution is 2.27. The van der Waals surface area contributed by atoms with Gasteiger partial charge >= 0.3 is 0 Å². The van der Waals surface area contributed by atoms with Crippen molar-refractivity contribution in [3.05, 3.63) is 113 Å². The second-order valence-electron chi connectivity index (χ2n) is 9.71. The molecule has 1 heterocycles. The molecule has 1 amide bonds. The third-order valence-electron chi connectivity index (χ3n) is 7.00. The Bertz CT molecular complexity index is 1680. The first-order chi connectivity index (χ1) is 19.6. The minimum absolute atomic E-state index is 0.0612. The SMILES string of the molecule is Nc1cc(F)c(S(=O)(=O)NC(=O)c2ccc(N3CCN(Cc4ccccc4-c4ccc(Cl)cc4)CC3)cc2)cc1F. The number of carbonyl (C=O) groups excluding carboxylic acids is 1. The number of sulfonamides is 1. The summed E-state index contributed by atoms with van der Waals surface area (Å²) in [6, 6.07) is 23.6. The number of anilines is 2. The van der Waals surface area contributed by atoms with Crippen molar-refractivity contribution in [1.82, 2.24) is 9.62 Å². The number of nitrogen functional groups attached to an aromatic ring is 1. The predicted octanol–water partition coefficient (Wildman–Crippen LogP) is 5.31. The number of nitrogens with two attached hydrogens (primary N) is 1. The molecule has 1 saturated heterocycles. The van der Waals surface area contributed by atoms with Gasteiger partial charge in [-0.2, -0.15) is 0 Å². The molecule has 0 aliphatic carbocycles. The zero-order valence-electron chi connectivity index (χ0n) is 21.9. The zero-order valence-corrected chi connectivity index (χ0v) is 23.4. The summed E-state index contributed by atoms with van der Waals surface area (Å²) in [6.45, 7) is 4.01. The lowest BCUT2D eigenvalue weighted by Gasteiger charge is -2.36. The standard InChI is InChI=1S/C30H27ClF2N4O3S/c31-23-9-5-20(6-10-23)25-4-2-1-3-22(25)19-36-13-15-37(16-14-36)24-11-7-21(8-12-24)30(38)35-41(39,40)29-18-26(32)28(34)17-27(29)33/h1-12,17-18H,13-16,19,34H2,(H,35,38). The number of nitrogens with zero attached hydrogens (tertiary/aromatic N) is 2. The van der Waals surface area contributed by atoms with Crippen LogP contribution in [0.2, 0.25) is 5.02 Å². The molecule has 4 aromatic carbocycles. The Hall–Kier alpha value is -3.99. The molecular weight excluding hydrogens is 570 g/mol. The monoisotopic (exact) mass is 596 g/mol. The fourth-order valence-electron chi connectivity index (χ4n) is 4.78. The van der Waals surface area contributed by atoms with Gasteiger partial charge in [-0.15, -0.1) is 0 Å². The highest BCUT2D eigenvalue weighted by Gasteiger charge is 2.25. The van der Waals surface area contributed by atoms with Crippen molar-refractivity contribution in [2.45, 2.75) is 11.4 Å². The largest absolute Gasteiger partial charge is 0.396 e. The number of piperazine rings is 1. The van der Waals surface area contributed by atoms with Crippen molar-refractivity contribution in [1.29, 1.82) is 0 Å². The Kier molecular flexibility index (Phi) is 8.25. The van der Waals surface area contributed by atoms with Crippen LogP contribution in [0.1, 0.15) is 15.9 Å². The molecule has 41 heavy (non-hydrogen) atoms. The van der Waals surface area contributed by atoms with Gasteiger partial charge in [-0.25, -0.2) is 21.9 Å². The fourth-order valence-corrected chi connectivity index (χ4v) is 5.96. The average Bonchev–Trinajstić information content (AvgIpc) is 2.96. The summed E-state index contributed by atoms with van der Waals surface area (Å²) in [6.07, 6.45) is 0. The highest BCUT2D eigenvalue weighted by molar-refractivity contribution is 7.90. The van der Waals surface area contributed by atoms with Gasteiger partial charge in [0.15, 0.2) is 0 Å². The van der Waals surface area contributed by atoms with Crippen LogP contribution < -0.4 is 15.4 Å². The minimum atomic E-state index is -4.65. The van der Waals surface area contributed by atoms with Gasteiger partial charge in [-0.05, 0) is 59.2 Å². The second kappa shape index (κ2) is 11.9. The van der Waals surface area contributed by atoms with Gasteiger partial charge in [-0.1, -0.05) is 48.0 Å². The number of nitrogens with one attached hydrogen (secondary N) is 1. The molecular formula is C30H27ClF2N4O3S. The Morgan fingerprint density at radius 2 is 1.54 bits per heavy atom. The normalized spacial score (nSPS) is 14.2. The van der Waals surface area contributed by atoms with Crippen LogP contribution in [0.15, 0.2) is 89.8 Å². The van der Waals surface area contributed by atoms with E-state index in [9.17, 15) is 22.0 Å². The first-order valence-electron chi connectivity index (χ1n) is 12.8. The third kappa shape index (κ3) is 6.51. The van der Waals surface area contributed by atoms with Gasteiger partial charge in [-0.3, -0.25) is 9.69 Å². The first kappa shape index (κ1) is 28.5. The number of amides is 1. The molecule has 4 aromatic rings. The highest BCUT2D eigenvalue weighted by atomic mass is 35.5. The Labute approximate surface area is 242 Å². The van der Waals surface area contributed by atoms with Crippen LogP contribution >= 0.6 is 11.6 Å². The number of carbonyl (C=O) groups is 1. The van der Waals surface area contributed by atoms with Gasteiger partial charge in [0, 0.05) is 55.1 Å². The quantitative estimate of drug-likeness (QED) is 0.281. The summed E-state index contributed by atoms with van der Waals surface area (Å²) < 4.78 is 54.6. The predicted molar refractivity (Wildman–Crippen MR) is 156 cm³/mol. The Morgan fingerprint density at radius 3 is 2.22 bits per heavy atom. The van der Waals surface area contributed by atoms with Gasteiger partial charge in [0.05, 0.1) is 5.69 Å². The van der Waals surface area contributed by atoms with E-state index >= 15 is 0 Å². The molecule has 1 fully saturated rings. The summed E-state index contributed by atoms with van der Waals surface area (Å²) in [5, 5.41) is 0.700. The van der Waals surface area contributed by atoms with Crippen LogP contribution in [0.25, 0.3) is 11.1 Å². The van der Waals surface area contributed by atoms with Crippen LogP contribution in [0.5, 0.6) is 0 Å². The molecule has 0 aromatic heterocycles. The van der Waals surface area contributed by atoms with Gasteiger partial charge in [0.25, 0.3) is 15.9 Å². The summed E-state index contributed by atoms with van der Waals surface area (Å²) in [4.78, 5) is 16.2. The third-order valence-corrected chi connectivity index (χ3v) is 8.60. The van der Waals surface area contributed by atoms with E-state index in [1.807, 2.05) is 36.4 Å². The van der Waals surface area contributed by atoms with Crippen LogP contribution in [-0.4, -0.2) is 45.4 Å². The van der Waals surface area contributed by atoms with Crippen LogP contribution in [-0.2, 0) is 16.6 Å². The van der Waals surface area contributed by atoms with Crippen molar-refractivity contribution in [3.8, 4) is 11.1 Å². The van der Waals surface area contributed by atoms with Crippen molar-refractivity contribution >= 4 is 38.9 Å². The van der Waals surface area contributed by atoms with Crippen molar-refractivity contribution in [2.24, 2.45) is 0 Å². The maximum atomic E-state index is 14.1. The van der Waals surface area contributed by atoms with Crippen molar-refractivity contribution < 1.29 is 22.0 Å². The minimum Gasteiger partial charge on any atom is -0.396 e. The molecule has 0 radical (unpaired) electrons. The zero-order chi connectivity index (χ0) is 29.1. The van der Waals surface area contributed by atoms with E-state index in [0.717, 1.165) is 44.0 Å². The molecule has 3 N–H and O–H groups in total.